The minimum absolute atomic E-state index is 0.0000694. The van der Waals surface area contributed by atoms with Crippen molar-refractivity contribution < 1.29 is 8.78 Å². The van der Waals surface area contributed by atoms with E-state index in [-0.39, 0.29) is 24.8 Å². The van der Waals surface area contributed by atoms with E-state index in [0.717, 1.165) is 6.42 Å². The van der Waals surface area contributed by atoms with Crippen LogP contribution < -0.4 is 5.73 Å². The van der Waals surface area contributed by atoms with Crippen molar-refractivity contribution in [3.8, 4) is 0 Å². The van der Waals surface area contributed by atoms with Crippen molar-refractivity contribution in [2.75, 3.05) is 0 Å². The lowest BCUT2D eigenvalue weighted by Crippen LogP contribution is -2.48. The van der Waals surface area contributed by atoms with E-state index in [2.05, 4.69) is 6.92 Å². The van der Waals surface area contributed by atoms with Crippen LogP contribution in [0.2, 0.25) is 0 Å². The SMILES string of the molecule is CC1(CC(N)C2CC(F)(F)C2)CCC1. The van der Waals surface area contributed by atoms with Crippen molar-refractivity contribution in [1.82, 2.24) is 0 Å². The van der Waals surface area contributed by atoms with Crippen LogP contribution >= 0.6 is 0 Å². The van der Waals surface area contributed by atoms with Gasteiger partial charge in [0, 0.05) is 18.9 Å². The molecule has 0 saturated heterocycles. The van der Waals surface area contributed by atoms with Crippen molar-refractivity contribution in [2.45, 2.75) is 57.4 Å². The first-order chi connectivity index (χ1) is 6.40. The number of alkyl halides is 2. The Kier molecular flexibility index (Phi) is 2.33. The zero-order chi connectivity index (χ0) is 10.4. The zero-order valence-corrected chi connectivity index (χ0v) is 8.73. The lowest BCUT2D eigenvalue weighted by atomic mass is 9.63. The van der Waals surface area contributed by atoms with Gasteiger partial charge < -0.3 is 5.73 Å². The van der Waals surface area contributed by atoms with E-state index < -0.39 is 5.92 Å². The molecular weight excluding hydrogens is 184 g/mol. The van der Waals surface area contributed by atoms with Crippen molar-refractivity contribution in [3.63, 3.8) is 0 Å². The summed E-state index contributed by atoms with van der Waals surface area (Å²) < 4.78 is 25.2. The van der Waals surface area contributed by atoms with Crippen LogP contribution in [0.4, 0.5) is 8.78 Å². The van der Waals surface area contributed by atoms with E-state index in [4.69, 9.17) is 5.73 Å². The van der Waals surface area contributed by atoms with Gasteiger partial charge in [0.05, 0.1) is 0 Å². The first kappa shape index (κ1) is 10.3. The van der Waals surface area contributed by atoms with Gasteiger partial charge >= 0.3 is 0 Å². The Hall–Kier alpha value is -0.180. The fourth-order valence-corrected chi connectivity index (χ4v) is 2.73. The molecule has 0 bridgehead atoms. The minimum Gasteiger partial charge on any atom is -0.327 e. The molecule has 1 unspecified atom stereocenters. The maximum absolute atomic E-state index is 12.6. The second kappa shape index (κ2) is 3.16. The van der Waals surface area contributed by atoms with Crippen LogP contribution in [0, 0.1) is 11.3 Å². The molecule has 0 heterocycles. The molecule has 2 rings (SSSR count). The van der Waals surface area contributed by atoms with Crippen LogP contribution in [0.15, 0.2) is 0 Å². The highest BCUT2D eigenvalue weighted by Gasteiger charge is 2.48. The summed E-state index contributed by atoms with van der Waals surface area (Å²) in [6, 6.07) is -0.0000694. The Balaban J connectivity index is 1.77. The van der Waals surface area contributed by atoms with Gasteiger partial charge in [-0.1, -0.05) is 13.3 Å². The molecule has 0 aromatic rings. The number of hydrogen-bond acceptors (Lipinski definition) is 1. The summed E-state index contributed by atoms with van der Waals surface area (Å²) in [5.41, 5.74) is 6.33. The first-order valence-corrected chi connectivity index (χ1v) is 5.54. The smallest absolute Gasteiger partial charge is 0.248 e. The van der Waals surface area contributed by atoms with Crippen LogP contribution in [0.5, 0.6) is 0 Å². The second-order valence-electron chi connectivity index (χ2n) is 5.56. The summed E-state index contributed by atoms with van der Waals surface area (Å²) in [5, 5.41) is 0. The Morgan fingerprint density at radius 2 is 1.93 bits per heavy atom. The van der Waals surface area contributed by atoms with E-state index in [1.807, 2.05) is 0 Å². The summed E-state index contributed by atoms with van der Waals surface area (Å²) in [7, 11) is 0. The van der Waals surface area contributed by atoms with Crippen molar-refractivity contribution in [3.05, 3.63) is 0 Å². The highest BCUT2D eigenvalue weighted by molar-refractivity contribution is 4.96. The molecule has 1 atom stereocenters. The zero-order valence-electron chi connectivity index (χ0n) is 8.73. The molecule has 2 fully saturated rings. The molecule has 0 aromatic heterocycles. The fraction of sp³-hybridized carbons (Fsp3) is 1.00. The molecule has 0 radical (unpaired) electrons. The summed E-state index contributed by atoms with van der Waals surface area (Å²) in [6.07, 6.45) is 4.71. The predicted octanol–water partition coefficient (Wildman–Crippen LogP) is 2.94. The Labute approximate surface area is 84.0 Å². The van der Waals surface area contributed by atoms with Crippen LogP contribution in [-0.4, -0.2) is 12.0 Å². The molecule has 2 aliphatic rings. The van der Waals surface area contributed by atoms with Crippen molar-refractivity contribution in [1.29, 1.82) is 0 Å². The first-order valence-electron chi connectivity index (χ1n) is 5.54. The third-order valence-corrected chi connectivity index (χ3v) is 4.02. The standard InChI is InChI=1S/C11H19F2N/c1-10(3-2-4-10)7-9(14)8-5-11(12,13)6-8/h8-9H,2-7,14H2,1H3. The Morgan fingerprint density at radius 3 is 2.29 bits per heavy atom. The van der Waals surface area contributed by atoms with Gasteiger partial charge in [-0.15, -0.1) is 0 Å². The second-order valence-corrected chi connectivity index (χ2v) is 5.56. The van der Waals surface area contributed by atoms with Gasteiger partial charge in [0.15, 0.2) is 0 Å². The van der Waals surface area contributed by atoms with Gasteiger partial charge in [-0.2, -0.15) is 0 Å². The number of nitrogens with two attached hydrogens (primary N) is 1. The minimum atomic E-state index is -2.41. The molecule has 0 spiro atoms. The molecule has 1 nitrogen and oxygen atoms in total. The summed E-state index contributed by atoms with van der Waals surface area (Å²) >= 11 is 0. The number of rotatable bonds is 3. The highest BCUT2D eigenvalue weighted by Crippen LogP contribution is 2.49. The maximum atomic E-state index is 12.6. The Morgan fingerprint density at radius 1 is 1.36 bits per heavy atom. The molecule has 2 aliphatic carbocycles. The number of hydrogen-bond donors (Lipinski definition) is 1. The van der Waals surface area contributed by atoms with Gasteiger partial charge in [-0.05, 0) is 30.6 Å². The quantitative estimate of drug-likeness (QED) is 0.749. The van der Waals surface area contributed by atoms with E-state index in [9.17, 15) is 8.78 Å². The van der Waals surface area contributed by atoms with Gasteiger partial charge in [0.25, 0.3) is 0 Å². The van der Waals surface area contributed by atoms with Crippen LogP contribution in [-0.2, 0) is 0 Å². The van der Waals surface area contributed by atoms with Gasteiger partial charge in [-0.25, -0.2) is 8.78 Å². The average molecular weight is 203 g/mol. The molecular formula is C11H19F2N. The van der Waals surface area contributed by atoms with Crippen LogP contribution in [0.1, 0.15) is 45.4 Å². The van der Waals surface area contributed by atoms with Gasteiger partial charge in [-0.3, -0.25) is 0 Å². The molecule has 82 valence electrons. The molecule has 3 heteroatoms. The topological polar surface area (TPSA) is 26.0 Å². The molecule has 0 amide bonds. The van der Waals surface area contributed by atoms with E-state index in [0.29, 0.717) is 5.41 Å². The molecule has 2 N–H and O–H groups in total. The molecule has 14 heavy (non-hydrogen) atoms. The van der Waals surface area contributed by atoms with Gasteiger partial charge in [0.1, 0.15) is 0 Å². The number of halogens is 2. The monoisotopic (exact) mass is 203 g/mol. The normalized spacial score (nSPS) is 31.7. The predicted molar refractivity (Wildman–Crippen MR) is 52.2 cm³/mol. The van der Waals surface area contributed by atoms with Crippen LogP contribution in [0.3, 0.4) is 0 Å². The average Bonchev–Trinajstić information content (AvgIpc) is 1.96. The van der Waals surface area contributed by atoms with Crippen molar-refractivity contribution >= 4 is 0 Å². The fourth-order valence-electron chi connectivity index (χ4n) is 2.73. The largest absolute Gasteiger partial charge is 0.327 e. The Bertz CT molecular complexity index is 215. The molecule has 2 saturated carbocycles. The van der Waals surface area contributed by atoms with Crippen molar-refractivity contribution in [2.24, 2.45) is 17.1 Å². The summed E-state index contributed by atoms with van der Waals surface area (Å²) in [5.74, 6) is -2.34. The lowest BCUT2D eigenvalue weighted by molar-refractivity contribution is -0.120. The van der Waals surface area contributed by atoms with Gasteiger partial charge in [0.2, 0.25) is 5.92 Å². The van der Waals surface area contributed by atoms with E-state index in [1.54, 1.807) is 0 Å². The molecule has 0 aromatic carbocycles. The third kappa shape index (κ3) is 1.92. The summed E-state index contributed by atoms with van der Waals surface area (Å²) in [6.45, 7) is 2.23. The highest BCUT2D eigenvalue weighted by atomic mass is 19.3. The lowest BCUT2D eigenvalue weighted by Gasteiger charge is -2.45. The van der Waals surface area contributed by atoms with Crippen LogP contribution in [0.25, 0.3) is 0 Å². The third-order valence-electron chi connectivity index (χ3n) is 4.02. The van der Waals surface area contributed by atoms with E-state index in [1.165, 1.54) is 19.3 Å². The van der Waals surface area contributed by atoms with E-state index >= 15 is 0 Å². The maximum Gasteiger partial charge on any atom is 0.248 e. The molecule has 0 aliphatic heterocycles. The summed E-state index contributed by atoms with van der Waals surface area (Å²) in [4.78, 5) is 0.